The molecule has 120 valence electrons. The Morgan fingerprint density at radius 2 is 1.96 bits per heavy atom. The van der Waals surface area contributed by atoms with Gasteiger partial charge in [0.2, 0.25) is 0 Å². The maximum atomic E-state index is 5.99. The summed E-state index contributed by atoms with van der Waals surface area (Å²) < 4.78 is 5.99. The summed E-state index contributed by atoms with van der Waals surface area (Å²) in [7, 11) is 0. The molecule has 1 saturated heterocycles. The van der Waals surface area contributed by atoms with Gasteiger partial charge in [0.1, 0.15) is 5.75 Å². The highest BCUT2D eigenvalue weighted by Crippen LogP contribution is 2.35. The average molecular weight is 308 g/mol. The van der Waals surface area contributed by atoms with Crippen LogP contribution in [0.5, 0.6) is 5.75 Å². The van der Waals surface area contributed by atoms with Gasteiger partial charge in [-0.25, -0.2) is 0 Å². The van der Waals surface area contributed by atoms with E-state index in [1.807, 2.05) is 0 Å². The van der Waals surface area contributed by atoms with E-state index in [2.05, 4.69) is 65.3 Å². The van der Waals surface area contributed by atoms with Crippen molar-refractivity contribution in [2.24, 2.45) is 0 Å². The molecule has 0 N–H and O–H groups in total. The summed E-state index contributed by atoms with van der Waals surface area (Å²) in [5.74, 6) is 1.05. The second kappa shape index (κ2) is 6.25. The fourth-order valence-electron chi connectivity index (χ4n) is 3.75. The SMILES string of the molecule is Cc1ccc2c(c1)N1CCN(Cc3ccccc3)C[C@@H]1CCO2. The van der Waals surface area contributed by atoms with Gasteiger partial charge in [0.05, 0.1) is 12.3 Å². The standard InChI is InChI=1S/C20H24N2O/c1-16-7-8-20-19(13-16)22-11-10-21(15-18(22)9-12-23-20)14-17-5-3-2-4-6-17/h2-8,13,18H,9-12,14-15H2,1H3/t18-/m0/s1. The molecule has 1 atom stereocenters. The molecule has 0 saturated carbocycles. The number of piperazine rings is 1. The van der Waals surface area contributed by atoms with Crippen LogP contribution < -0.4 is 9.64 Å². The van der Waals surface area contributed by atoms with Crippen molar-refractivity contribution < 1.29 is 4.74 Å². The van der Waals surface area contributed by atoms with Crippen molar-refractivity contribution >= 4 is 5.69 Å². The van der Waals surface area contributed by atoms with Gasteiger partial charge in [-0.05, 0) is 30.2 Å². The molecule has 0 bridgehead atoms. The number of anilines is 1. The zero-order valence-corrected chi connectivity index (χ0v) is 13.7. The number of ether oxygens (including phenoxy) is 1. The number of rotatable bonds is 2. The van der Waals surface area contributed by atoms with E-state index in [9.17, 15) is 0 Å². The summed E-state index contributed by atoms with van der Waals surface area (Å²) in [5.41, 5.74) is 3.99. The highest BCUT2D eigenvalue weighted by molar-refractivity contribution is 5.61. The molecule has 1 fully saturated rings. The lowest BCUT2D eigenvalue weighted by Gasteiger charge is -2.42. The third-order valence-electron chi connectivity index (χ3n) is 4.95. The fraction of sp³-hybridized carbons (Fsp3) is 0.400. The fourth-order valence-corrected chi connectivity index (χ4v) is 3.75. The van der Waals surface area contributed by atoms with Gasteiger partial charge in [0.25, 0.3) is 0 Å². The Balaban J connectivity index is 1.52. The lowest BCUT2D eigenvalue weighted by Crippen LogP contribution is -2.52. The zero-order valence-electron chi connectivity index (χ0n) is 13.7. The Kier molecular flexibility index (Phi) is 3.96. The van der Waals surface area contributed by atoms with Crippen molar-refractivity contribution in [3.63, 3.8) is 0 Å². The van der Waals surface area contributed by atoms with Crippen LogP contribution in [-0.4, -0.2) is 37.2 Å². The van der Waals surface area contributed by atoms with Crippen LogP contribution in [0.2, 0.25) is 0 Å². The van der Waals surface area contributed by atoms with E-state index in [-0.39, 0.29) is 0 Å². The lowest BCUT2D eigenvalue weighted by molar-refractivity contribution is 0.202. The molecule has 0 spiro atoms. The van der Waals surface area contributed by atoms with Gasteiger partial charge in [0, 0.05) is 38.6 Å². The maximum absolute atomic E-state index is 5.99. The molecule has 2 heterocycles. The smallest absolute Gasteiger partial charge is 0.142 e. The van der Waals surface area contributed by atoms with Gasteiger partial charge >= 0.3 is 0 Å². The number of hydrogen-bond donors (Lipinski definition) is 0. The Labute approximate surface area is 138 Å². The number of aryl methyl sites for hydroxylation is 1. The zero-order chi connectivity index (χ0) is 15.6. The van der Waals surface area contributed by atoms with Crippen molar-refractivity contribution in [3.8, 4) is 5.75 Å². The average Bonchev–Trinajstić information content (AvgIpc) is 2.74. The minimum Gasteiger partial charge on any atom is -0.491 e. The highest BCUT2D eigenvalue weighted by atomic mass is 16.5. The Hall–Kier alpha value is -2.00. The van der Waals surface area contributed by atoms with E-state index in [0.717, 1.165) is 45.0 Å². The quantitative estimate of drug-likeness (QED) is 0.845. The minimum absolute atomic E-state index is 0.551. The normalized spacial score (nSPS) is 21.1. The van der Waals surface area contributed by atoms with Gasteiger partial charge in [-0.1, -0.05) is 36.4 Å². The minimum atomic E-state index is 0.551. The molecule has 3 nitrogen and oxygen atoms in total. The first-order valence-electron chi connectivity index (χ1n) is 8.56. The molecule has 2 aliphatic heterocycles. The predicted octanol–water partition coefficient (Wildman–Crippen LogP) is 3.47. The van der Waals surface area contributed by atoms with Crippen LogP contribution in [0.1, 0.15) is 17.5 Å². The van der Waals surface area contributed by atoms with Crippen LogP contribution in [0.15, 0.2) is 48.5 Å². The second-order valence-electron chi connectivity index (χ2n) is 6.68. The van der Waals surface area contributed by atoms with Crippen LogP contribution in [-0.2, 0) is 6.54 Å². The summed E-state index contributed by atoms with van der Waals surface area (Å²) >= 11 is 0. The van der Waals surface area contributed by atoms with E-state index in [0.29, 0.717) is 6.04 Å². The van der Waals surface area contributed by atoms with Gasteiger partial charge in [-0.3, -0.25) is 4.90 Å². The summed E-state index contributed by atoms with van der Waals surface area (Å²) in [6.45, 7) is 7.33. The summed E-state index contributed by atoms with van der Waals surface area (Å²) in [5, 5.41) is 0. The van der Waals surface area contributed by atoms with Crippen LogP contribution in [0.25, 0.3) is 0 Å². The number of nitrogens with zero attached hydrogens (tertiary/aromatic N) is 2. The first-order valence-corrected chi connectivity index (χ1v) is 8.56. The lowest BCUT2D eigenvalue weighted by atomic mass is 10.1. The summed E-state index contributed by atoms with van der Waals surface area (Å²) in [4.78, 5) is 5.15. The van der Waals surface area contributed by atoms with E-state index >= 15 is 0 Å². The van der Waals surface area contributed by atoms with Crippen molar-refractivity contribution in [2.75, 3.05) is 31.1 Å². The molecule has 2 aromatic rings. The van der Waals surface area contributed by atoms with E-state index in [4.69, 9.17) is 4.74 Å². The molecule has 23 heavy (non-hydrogen) atoms. The molecule has 2 aliphatic rings. The van der Waals surface area contributed by atoms with Gasteiger partial charge < -0.3 is 9.64 Å². The maximum Gasteiger partial charge on any atom is 0.142 e. The van der Waals surface area contributed by atoms with Gasteiger partial charge in [0.15, 0.2) is 0 Å². The molecule has 0 unspecified atom stereocenters. The third kappa shape index (κ3) is 3.06. The van der Waals surface area contributed by atoms with Gasteiger partial charge in [-0.15, -0.1) is 0 Å². The first-order chi connectivity index (χ1) is 11.3. The third-order valence-corrected chi connectivity index (χ3v) is 4.95. The van der Waals surface area contributed by atoms with Crippen molar-refractivity contribution in [2.45, 2.75) is 25.9 Å². The summed E-state index contributed by atoms with van der Waals surface area (Å²) in [6, 6.07) is 17.9. The Morgan fingerprint density at radius 1 is 1.09 bits per heavy atom. The van der Waals surface area contributed by atoms with Crippen molar-refractivity contribution in [1.82, 2.24) is 4.90 Å². The van der Waals surface area contributed by atoms with Crippen molar-refractivity contribution in [3.05, 3.63) is 59.7 Å². The summed E-state index contributed by atoms with van der Waals surface area (Å²) in [6.07, 6.45) is 1.10. The van der Waals surface area contributed by atoms with E-state index in [1.54, 1.807) is 0 Å². The number of fused-ring (bicyclic) bond motifs is 3. The molecule has 2 aromatic carbocycles. The van der Waals surface area contributed by atoms with Gasteiger partial charge in [-0.2, -0.15) is 0 Å². The van der Waals surface area contributed by atoms with Crippen LogP contribution in [0, 0.1) is 6.92 Å². The topological polar surface area (TPSA) is 15.7 Å². The Bertz CT molecular complexity index is 671. The first kappa shape index (κ1) is 14.6. The molecule has 4 rings (SSSR count). The number of benzene rings is 2. The van der Waals surface area contributed by atoms with E-state index < -0.39 is 0 Å². The highest BCUT2D eigenvalue weighted by Gasteiger charge is 2.30. The monoisotopic (exact) mass is 308 g/mol. The molecule has 0 radical (unpaired) electrons. The molecule has 0 aliphatic carbocycles. The van der Waals surface area contributed by atoms with E-state index in [1.165, 1.54) is 16.8 Å². The largest absolute Gasteiger partial charge is 0.491 e. The van der Waals surface area contributed by atoms with Crippen LogP contribution >= 0.6 is 0 Å². The predicted molar refractivity (Wildman–Crippen MR) is 94.1 cm³/mol. The van der Waals surface area contributed by atoms with Crippen LogP contribution in [0.4, 0.5) is 5.69 Å². The van der Waals surface area contributed by atoms with Crippen LogP contribution in [0.3, 0.4) is 0 Å². The molecule has 3 heteroatoms. The molecular weight excluding hydrogens is 284 g/mol. The molecule has 0 aromatic heterocycles. The second-order valence-corrected chi connectivity index (χ2v) is 6.68. The molecule has 0 amide bonds. The molecular formula is C20H24N2O. The Morgan fingerprint density at radius 3 is 2.83 bits per heavy atom. The van der Waals surface area contributed by atoms with Crippen molar-refractivity contribution in [1.29, 1.82) is 0 Å². The number of hydrogen-bond acceptors (Lipinski definition) is 3.